The number of hydrogen-bond acceptors (Lipinski definition) is 0. The fourth-order valence-corrected chi connectivity index (χ4v) is 18.3. The zero-order valence-corrected chi connectivity index (χ0v) is 36.0. The van der Waals surface area contributed by atoms with Crippen LogP contribution in [-0.2, 0) is 0 Å². The minimum Gasteiger partial charge on any atom is -0.131 e. The van der Waals surface area contributed by atoms with Gasteiger partial charge >= 0.3 is 0 Å². The molecule has 2 aromatic rings. The van der Waals surface area contributed by atoms with E-state index in [9.17, 15) is 0 Å². The molecule has 244 valence electrons. The SMILES string of the molecule is CC(C)=CC[SiH2]CCCC(P)(CCC[SiH2]CC=C(C)C)CC[Si](CCC[SiH2]CC=C(C)C)(c1ccccc1)c1ccccc1. The van der Waals surface area contributed by atoms with Crippen LogP contribution < -0.4 is 10.4 Å². The highest BCUT2D eigenvalue weighted by Crippen LogP contribution is 2.39. The van der Waals surface area contributed by atoms with Gasteiger partial charge in [-0.15, -0.1) is 9.24 Å². The predicted octanol–water partition coefficient (Wildman–Crippen LogP) is 9.12. The van der Waals surface area contributed by atoms with Crippen molar-refractivity contribution in [3.8, 4) is 0 Å². The molecule has 0 spiro atoms. The molecule has 0 amide bonds. The van der Waals surface area contributed by atoms with Crippen molar-refractivity contribution in [1.29, 1.82) is 0 Å². The summed E-state index contributed by atoms with van der Waals surface area (Å²) in [4.78, 5) is 0. The van der Waals surface area contributed by atoms with Gasteiger partial charge in [0.1, 0.15) is 8.07 Å². The molecule has 0 N–H and O–H groups in total. The lowest BCUT2D eigenvalue weighted by molar-refractivity contribution is 0.472. The second-order valence-electron chi connectivity index (χ2n) is 14.3. The highest BCUT2D eigenvalue weighted by Gasteiger charge is 2.38. The van der Waals surface area contributed by atoms with Gasteiger partial charge in [-0.1, -0.05) is 143 Å². The summed E-state index contributed by atoms with van der Waals surface area (Å²) < 4.78 is 0. The van der Waals surface area contributed by atoms with E-state index in [1.54, 1.807) is 10.4 Å². The Morgan fingerprint density at radius 3 is 1.34 bits per heavy atom. The summed E-state index contributed by atoms with van der Waals surface area (Å²) in [7, 11) is 1.68. The van der Waals surface area contributed by atoms with Gasteiger partial charge in [0.25, 0.3) is 0 Å². The maximum atomic E-state index is 3.51. The van der Waals surface area contributed by atoms with Gasteiger partial charge in [0.05, 0.1) is 0 Å². The van der Waals surface area contributed by atoms with Gasteiger partial charge in [-0.05, 0) is 96.2 Å². The summed E-state index contributed by atoms with van der Waals surface area (Å²) >= 11 is 0. The number of allylic oxidation sites excluding steroid dienone is 6. The minimum atomic E-state index is -1.89. The van der Waals surface area contributed by atoms with Crippen molar-refractivity contribution in [2.75, 3.05) is 0 Å². The first-order valence-corrected chi connectivity index (χ1v) is 27.0. The molecule has 0 saturated carbocycles. The molecule has 0 saturated heterocycles. The average Bonchev–Trinajstić information content (AvgIpc) is 3.00. The van der Waals surface area contributed by atoms with Gasteiger partial charge in [-0.2, -0.15) is 0 Å². The Hall–Kier alpha value is -1.04. The first-order chi connectivity index (χ1) is 21.2. The lowest BCUT2D eigenvalue weighted by atomic mass is 9.94. The summed E-state index contributed by atoms with van der Waals surface area (Å²) in [5.74, 6) is 0. The molecule has 0 fully saturated rings. The minimum absolute atomic E-state index is 0.00794. The third-order valence-corrected chi connectivity index (χ3v) is 20.6. The summed E-state index contributed by atoms with van der Waals surface area (Å²) in [5.41, 5.74) is 4.49. The first kappa shape index (κ1) is 39.1. The Morgan fingerprint density at radius 1 is 0.568 bits per heavy atom. The monoisotopic (exact) mass is 678 g/mol. The van der Waals surface area contributed by atoms with Crippen molar-refractivity contribution in [3.05, 3.63) is 95.6 Å². The lowest BCUT2D eigenvalue weighted by Crippen LogP contribution is -2.58. The summed E-state index contributed by atoms with van der Waals surface area (Å²) in [6, 6.07) is 35.1. The molecule has 0 bridgehead atoms. The first-order valence-electron chi connectivity index (χ1n) is 18.0. The molecule has 1 unspecified atom stereocenters. The van der Waals surface area contributed by atoms with Gasteiger partial charge < -0.3 is 0 Å². The van der Waals surface area contributed by atoms with E-state index < -0.39 is 8.07 Å². The topological polar surface area (TPSA) is 0 Å². The van der Waals surface area contributed by atoms with E-state index in [1.807, 2.05) is 0 Å². The molecule has 2 aromatic carbocycles. The highest BCUT2D eigenvalue weighted by molar-refractivity contribution is 7.19. The van der Waals surface area contributed by atoms with E-state index in [-0.39, 0.29) is 28.6 Å². The molecule has 5 heteroatoms. The Labute approximate surface area is 284 Å². The van der Waals surface area contributed by atoms with Crippen LogP contribution >= 0.6 is 9.24 Å². The standard InChI is InChI=1S/C39H67PSi4/c1-34(2)20-29-41-26-13-23-39(40,24-14-27-42-30-21-35(3)4)25-33-44(37-16-9-7-10-17-37,38-18-11-8-12-19-38)32-15-28-43-31-22-36(5)6/h7-12,16-22H,13-15,23-33,40-43H2,1-6H3. The van der Waals surface area contributed by atoms with Crippen molar-refractivity contribution in [3.63, 3.8) is 0 Å². The van der Waals surface area contributed by atoms with Crippen LogP contribution in [0.3, 0.4) is 0 Å². The quantitative estimate of drug-likeness (QED) is 0.0476. The zero-order chi connectivity index (χ0) is 32.1. The van der Waals surface area contributed by atoms with Crippen LogP contribution in [-0.4, -0.2) is 41.8 Å². The van der Waals surface area contributed by atoms with Crippen LogP contribution in [0.4, 0.5) is 0 Å². The summed E-state index contributed by atoms with van der Waals surface area (Å²) in [6.07, 6.45) is 15.9. The summed E-state index contributed by atoms with van der Waals surface area (Å²) in [5, 5.41) is 3.75. The number of hydrogen-bond donors (Lipinski definition) is 0. The fraction of sp³-hybridized carbons (Fsp3) is 0.538. The van der Waals surface area contributed by atoms with Crippen molar-refractivity contribution < 1.29 is 0 Å². The van der Waals surface area contributed by atoms with Crippen LogP contribution in [0.25, 0.3) is 0 Å². The molecule has 1 atom stereocenters. The zero-order valence-electron chi connectivity index (χ0n) is 29.6. The molecule has 0 aliphatic heterocycles. The van der Waals surface area contributed by atoms with Crippen LogP contribution in [0.15, 0.2) is 95.6 Å². The van der Waals surface area contributed by atoms with E-state index in [0.717, 1.165) is 0 Å². The third-order valence-electron chi connectivity index (χ3n) is 9.43. The van der Waals surface area contributed by atoms with Crippen LogP contribution in [0, 0.1) is 0 Å². The fourth-order valence-electron chi connectivity index (χ4n) is 6.74. The van der Waals surface area contributed by atoms with Crippen molar-refractivity contribution in [2.24, 2.45) is 0 Å². The van der Waals surface area contributed by atoms with E-state index in [2.05, 4.69) is 130 Å². The molecule has 0 nitrogen and oxygen atoms in total. The van der Waals surface area contributed by atoms with E-state index in [0.29, 0.717) is 5.16 Å². The third kappa shape index (κ3) is 16.0. The van der Waals surface area contributed by atoms with Gasteiger partial charge in [0.2, 0.25) is 0 Å². The second kappa shape index (κ2) is 22.5. The van der Waals surface area contributed by atoms with Crippen LogP contribution in [0.5, 0.6) is 0 Å². The molecular formula is C39H67PSi4. The van der Waals surface area contributed by atoms with Gasteiger partial charge in [0, 0.05) is 28.6 Å². The summed E-state index contributed by atoms with van der Waals surface area (Å²) in [6.45, 7) is 13.5. The van der Waals surface area contributed by atoms with Gasteiger partial charge in [-0.3, -0.25) is 0 Å². The molecule has 0 radical (unpaired) electrons. The normalized spacial score (nSPS) is 13.6. The number of rotatable bonds is 23. The average molecular weight is 679 g/mol. The van der Waals surface area contributed by atoms with Gasteiger partial charge in [0.15, 0.2) is 0 Å². The molecule has 0 aromatic heterocycles. The molecule has 44 heavy (non-hydrogen) atoms. The van der Waals surface area contributed by atoms with E-state index in [1.165, 1.54) is 104 Å². The number of benzene rings is 2. The van der Waals surface area contributed by atoms with Gasteiger partial charge in [-0.25, -0.2) is 0 Å². The maximum absolute atomic E-state index is 3.51. The van der Waals surface area contributed by atoms with Crippen LogP contribution in [0.1, 0.15) is 80.1 Å². The molecule has 2 rings (SSSR count). The highest BCUT2D eigenvalue weighted by atomic mass is 31.0. The van der Waals surface area contributed by atoms with Crippen molar-refractivity contribution in [1.82, 2.24) is 0 Å². The Morgan fingerprint density at radius 2 is 0.955 bits per heavy atom. The molecule has 0 heterocycles. The predicted molar refractivity (Wildman–Crippen MR) is 220 cm³/mol. The lowest BCUT2D eigenvalue weighted by Gasteiger charge is -2.38. The Bertz CT molecular complexity index is 1040. The molecule has 0 aliphatic carbocycles. The van der Waals surface area contributed by atoms with Crippen LogP contribution in [0.2, 0.25) is 48.4 Å². The molecule has 0 aliphatic rings. The Kier molecular flexibility index (Phi) is 20.0. The smallest absolute Gasteiger partial charge is 0.118 e. The Balaban J connectivity index is 2.25. The van der Waals surface area contributed by atoms with Crippen molar-refractivity contribution >= 4 is 56.2 Å². The second-order valence-corrected chi connectivity index (χ2v) is 25.8. The van der Waals surface area contributed by atoms with Crippen molar-refractivity contribution in [2.45, 2.75) is 134 Å². The molecular weight excluding hydrogens is 612 g/mol. The van der Waals surface area contributed by atoms with E-state index in [4.69, 9.17) is 0 Å². The largest absolute Gasteiger partial charge is 0.131 e. The maximum Gasteiger partial charge on any atom is 0.118 e. The van der Waals surface area contributed by atoms with E-state index >= 15 is 0 Å².